The van der Waals surface area contributed by atoms with E-state index in [0.29, 0.717) is 24.9 Å². The van der Waals surface area contributed by atoms with Crippen molar-refractivity contribution in [1.29, 1.82) is 0 Å². The number of nitrogen functional groups attached to an aromatic ring is 1. The molecule has 138 valence electrons. The van der Waals surface area contributed by atoms with Crippen LogP contribution in [0.5, 0.6) is 0 Å². The quantitative estimate of drug-likeness (QED) is 0.252. The second kappa shape index (κ2) is 10.8. The zero-order chi connectivity index (χ0) is 18.8. The van der Waals surface area contributed by atoms with Gasteiger partial charge in [-0.05, 0) is 42.4 Å². The van der Waals surface area contributed by atoms with Gasteiger partial charge in [-0.1, -0.05) is 43.7 Å². The van der Waals surface area contributed by atoms with E-state index in [-0.39, 0.29) is 11.6 Å². The third-order valence-corrected chi connectivity index (χ3v) is 5.37. The first-order valence-electron chi connectivity index (χ1n) is 9.21. The molecule has 0 radical (unpaired) electrons. The Morgan fingerprint density at radius 1 is 1.00 bits per heavy atom. The highest BCUT2D eigenvalue weighted by Crippen LogP contribution is 2.22. The Morgan fingerprint density at radius 3 is 2.58 bits per heavy atom. The number of nitrogens with two attached hydrogens (primary N) is 1. The molecule has 0 saturated carbocycles. The van der Waals surface area contributed by atoms with Crippen molar-refractivity contribution in [2.75, 3.05) is 11.5 Å². The molecule has 26 heavy (non-hydrogen) atoms. The van der Waals surface area contributed by atoms with Crippen LogP contribution in [0, 0.1) is 0 Å². The Balaban J connectivity index is 1.63. The van der Waals surface area contributed by atoms with Crippen LogP contribution in [0.25, 0.3) is 0 Å². The molecule has 0 heterocycles. The van der Waals surface area contributed by atoms with E-state index in [1.54, 1.807) is 11.8 Å². The van der Waals surface area contributed by atoms with Gasteiger partial charge in [0.05, 0.1) is 0 Å². The number of thioether (sulfide) groups is 1. The predicted octanol–water partition coefficient (Wildman–Crippen LogP) is 5.33. The molecule has 0 aliphatic rings. The SMILES string of the molecule is CCC(=O)c1cccc(SCCCCCC(=O)Cc2ccccc2N)c1. The van der Waals surface area contributed by atoms with E-state index in [0.717, 1.165) is 41.0 Å². The lowest BCUT2D eigenvalue weighted by molar-refractivity contribution is -0.118. The van der Waals surface area contributed by atoms with Crippen LogP contribution in [-0.4, -0.2) is 17.3 Å². The van der Waals surface area contributed by atoms with Crippen LogP contribution in [0.3, 0.4) is 0 Å². The molecule has 0 aliphatic carbocycles. The number of Topliss-reactive ketones (excluding diaryl/α,β-unsaturated/α-hetero) is 2. The van der Waals surface area contributed by atoms with Crippen molar-refractivity contribution < 1.29 is 9.59 Å². The molecule has 0 aliphatic heterocycles. The standard InChI is InChI=1S/C22H27NO2S/c1-2-22(25)18-10-8-12-20(16-18)26-14-7-3-4-11-19(24)15-17-9-5-6-13-21(17)23/h5-6,8-10,12-13,16H,2-4,7,11,14-15,23H2,1H3. The Labute approximate surface area is 160 Å². The number of hydrogen-bond acceptors (Lipinski definition) is 4. The molecule has 2 aromatic carbocycles. The summed E-state index contributed by atoms with van der Waals surface area (Å²) in [5, 5.41) is 0. The summed E-state index contributed by atoms with van der Waals surface area (Å²) in [5.74, 6) is 1.44. The van der Waals surface area contributed by atoms with E-state index in [4.69, 9.17) is 5.73 Å². The lowest BCUT2D eigenvalue weighted by atomic mass is 10.0. The summed E-state index contributed by atoms with van der Waals surface area (Å²) in [5.41, 5.74) is 8.30. The van der Waals surface area contributed by atoms with Crippen molar-refractivity contribution in [3.63, 3.8) is 0 Å². The molecule has 0 unspecified atom stereocenters. The average Bonchev–Trinajstić information content (AvgIpc) is 2.66. The van der Waals surface area contributed by atoms with Gasteiger partial charge in [-0.15, -0.1) is 11.8 Å². The number of rotatable bonds is 11. The summed E-state index contributed by atoms with van der Waals surface area (Å²) < 4.78 is 0. The van der Waals surface area contributed by atoms with E-state index in [2.05, 4.69) is 0 Å². The van der Waals surface area contributed by atoms with E-state index < -0.39 is 0 Å². The van der Waals surface area contributed by atoms with Crippen LogP contribution in [0.4, 0.5) is 5.69 Å². The van der Waals surface area contributed by atoms with Gasteiger partial charge < -0.3 is 5.73 Å². The number of benzene rings is 2. The highest BCUT2D eigenvalue weighted by molar-refractivity contribution is 7.99. The second-order valence-corrected chi connectivity index (χ2v) is 7.55. The van der Waals surface area contributed by atoms with Crippen LogP contribution in [0.15, 0.2) is 53.4 Å². The maximum atomic E-state index is 12.1. The van der Waals surface area contributed by atoms with Gasteiger partial charge in [-0.25, -0.2) is 0 Å². The molecule has 0 aromatic heterocycles. The molecule has 2 aromatic rings. The fourth-order valence-corrected chi connectivity index (χ4v) is 3.72. The number of para-hydroxylation sites is 1. The van der Waals surface area contributed by atoms with Gasteiger partial charge in [-0.3, -0.25) is 9.59 Å². The number of unbranched alkanes of at least 4 members (excludes halogenated alkanes) is 2. The van der Waals surface area contributed by atoms with Gasteiger partial charge in [0, 0.05) is 35.4 Å². The summed E-state index contributed by atoms with van der Waals surface area (Å²) in [4.78, 5) is 24.9. The number of anilines is 1. The smallest absolute Gasteiger partial charge is 0.162 e. The minimum Gasteiger partial charge on any atom is -0.398 e. The lowest BCUT2D eigenvalue weighted by Crippen LogP contribution is -2.05. The van der Waals surface area contributed by atoms with Gasteiger partial charge in [0.2, 0.25) is 0 Å². The third kappa shape index (κ3) is 6.68. The van der Waals surface area contributed by atoms with Crippen LogP contribution in [-0.2, 0) is 11.2 Å². The maximum absolute atomic E-state index is 12.1. The second-order valence-electron chi connectivity index (χ2n) is 6.38. The lowest BCUT2D eigenvalue weighted by Gasteiger charge is -2.06. The van der Waals surface area contributed by atoms with Gasteiger partial charge in [0.15, 0.2) is 5.78 Å². The molecule has 0 fully saturated rings. The Bertz CT molecular complexity index is 742. The first-order chi connectivity index (χ1) is 12.6. The van der Waals surface area contributed by atoms with Gasteiger partial charge in [-0.2, -0.15) is 0 Å². The summed E-state index contributed by atoms with van der Waals surface area (Å²) in [6.45, 7) is 1.88. The molecule has 3 nitrogen and oxygen atoms in total. The average molecular weight is 370 g/mol. The Hall–Kier alpha value is -2.07. The molecule has 0 amide bonds. The van der Waals surface area contributed by atoms with Crippen molar-refractivity contribution >= 4 is 29.0 Å². The van der Waals surface area contributed by atoms with Crippen molar-refractivity contribution in [3.05, 3.63) is 59.7 Å². The molecular formula is C22H27NO2S. The molecule has 0 spiro atoms. The van der Waals surface area contributed by atoms with Crippen molar-refractivity contribution in [2.45, 2.75) is 50.3 Å². The van der Waals surface area contributed by atoms with E-state index in [9.17, 15) is 9.59 Å². The zero-order valence-electron chi connectivity index (χ0n) is 15.4. The summed E-state index contributed by atoms with van der Waals surface area (Å²) in [7, 11) is 0. The largest absolute Gasteiger partial charge is 0.398 e. The fraction of sp³-hybridized carbons (Fsp3) is 0.364. The Morgan fingerprint density at radius 2 is 1.81 bits per heavy atom. The highest BCUT2D eigenvalue weighted by Gasteiger charge is 2.07. The minimum absolute atomic E-state index is 0.185. The van der Waals surface area contributed by atoms with Crippen molar-refractivity contribution in [1.82, 2.24) is 0 Å². The topological polar surface area (TPSA) is 60.2 Å². The fourth-order valence-electron chi connectivity index (χ4n) is 2.75. The van der Waals surface area contributed by atoms with Crippen LogP contribution in [0.2, 0.25) is 0 Å². The van der Waals surface area contributed by atoms with E-state index in [1.807, 2.05) is 55.5 Å². The highest BCUT2D eigenvalue weighted by atomic mass is 32.2. The molecule has 0 saturated heterocycles. The predicted molar refractivity (Wildman–Crippen MR) is 110 cm³/mol. The summed E-state index contributed by atoms with van der Waals surface area (Å²) in [6, 6.07) is 15.4. The monoisotopic (exact) mass is 369 g/mol. The van der Waals surface area contributed by atoms with Gasteiger partial charge in [0.1, 0.15) is 5.78 Å². The number of hydrogen-bond donors (Lipinski definition) is 1. The molecule has 4 heteroatoms. The third-order valence-electron chi connectivity index (χ3n) is 4.29. The Kier molecular flexibility index (Phi) is 8.42. The zero-order valence-corrected chi connectivity index (χ0v) is 16.2. The van der Waals surface area contributed by atoms with Crippen molar-refractivity contribution in [2.24, 2.45) is 0 Å². The van der Waals surface area contributed by atoms with E-state index in [1.165, 1.54) is 0 Å². The van der Waals surface area contributed by atoms with E-state index >= 15 is 0 Å². The molecule has 2 N–H and O–H groups in total. The number of ketones is 2. The summed E-state index contributed by atoms with van der Waals surface area (Å²) >= 11 is 1.77. The number of carbonyl (C=O) groups is 2. The minimum atomic E-state index is 0.185. The molecule has 0 bridgehead atoms. The first kappa shape index (κ1) is 20.2. The maximum Gasteiger partial charge on any atom is 0.162 e. The van der Waals surface area contributed by atoms with Crippen molar-refractivity contribution in [3.8, 4) is 0 Å². The van der Waals surface area contributed by atoms with Gasteiger partial charge >= 0.3 is 0 Å². The molecule has 0 atom stereocenters. The first-order valence-corrected chi connectivity index (χ1v) is 10.2. The van der Waals surface area contributed by atoms with Crippen LogP contribution in [0.1, 0.15) is 54.9 Å². The number of carbonyl (C=O) groups excluding carboxylic acids is 2. The molecule has 2 rings (SSSR count). The van der Waals surface area contributed by atoms with Crippen LogP contribution >= 0.6 is 11.8 Å². The molecular weight excluding hydrogens is 342 g/mol. The summed E-state index contributed by atoms with van der Waals surface area (Å²) in [6.07, 6.45) is 4.60. The normalized spacial score (nSPS) is 10.7. The van der Waals surface area contributed by atoms with Crippen LogP contribution < -0.4 is 5.73 Å². The van der Waals surface area contributed by atoms with Gasteiger partial charge in [0.25, 0.3) is 0 Å².